The highest BCUT2D eigenvalue weighted by molar-refractivity contribution is 5.21. The van der Waals surface area contributed by atoms with Crippen LogP contribution in [0.2, 0.25) is 0 Å². The molecule has 74 valence electrons. The van der Waals surface area contributed by atoms with Gasteiger partial charge in [-0.1, -0.05) is 24.3 Å². The predicted octanol–water partition coefficient (Wildman–Crippen LogP) is 2.26. The summed E-state index contributed by atoms with van der Waals surface area (Å²) in [5, 5.41) is 0. The summed E-state index contributed by atoms with van der Waals surface area (Å²) in [6.07, 6.45) is 1.46. The second-order valence-electron chi connectivity index (χ2n) is 3.37. The number of rotatable bonds is 1. The molecule has 0 heterocycles. The van der Waals surface area contributed by atoms with E-state index in [-0.39, 0.29) is 6.54 Å². The average molecular weight is 191 g/mol. The number of halogens is 3. The van der Waals surface area contributed by atoms with Gasteiger partial charge in [0.15, 0.2) is 0 Å². The first kappa shape index (κ1) is 10.3. The monoisotopic (exact) mass is 191 g/mol. The van der Waals surface area contributed by atoms with Gasteiger partial charge in [0.05, 0.1) is 5.41 Å². The van der Waals surface area contributed by atoms with Crippen LogP contribution in [0.4, 0.5) is 13.2 Å². The SMILES string of the molecule is C[C@@]1(C(F)(F)F)C=CC=C[C@@H]1CN. The fourth-order valence-electron chi connectivity index (χ4n) is 1.41. The Kier molecular flexibility index (Phi) is 2.52. The fraction of sp³-hybridized carbons (Fsp3) is 0.556. The summed E-state index contributed by atoms with van der Waals surface area (Å²) in [5.41, 5.74) is 3.48. The van der Waals surface area contributed by atoms with Gasteiger partial charge >= 0.3 is 6.18 Å². The zero-order chi connectivity index (χ0) is 10.1. The van der Waals surface area contributed by atoms with E-state index in [1.807, 2.05) is 0 Å². The van der Waals surface area contributed by atoms with Crippen molar-refractivity contribution in [3.63, 3.8) is 0 Å². The maximum absolute atomic E-state index is 12.6. The van der Waals surface area contributed by atoms with Crippen molar-refractivity contribution in [1.29, 1.82) is 0 Å². The lowest BCUT2D eigenvalue weighted by molar-refractivity contribution is -0.211. The van der Waals surface area contributed by atoms with Crippen molar-refractivity contribution in [2.24, 2.45) is 17.1 Å². The van der Waals surface area contributed by atoms with Crippen molar-refractivity contribution in [2.75, 3.05) is 6.54 Å². The van der Waals surface area contributed by atoms with Gasteiger partial charge < -0.3 is 5.73 Å². The first-order chi connectivity index (χ1) is 5.92. The zero-order valence-electron chi connectivity index (χ0n) is 7.31. The van der Waals surface area contributed by atoms with Crippen LogP contribution in [0.25, 0.3) is 0 Å². The molecule has 1 nitrogen and oxygen atoms in total. The molecule has 2 atom stereocenters. The molecule has 0 aromatic heterocycles. The molecule has 1 aliphatic rings. The van der Waals surface area contributed by atoms with Gasteiger partial charge in [0.2, 0.25) is 0 Å². The minimum absolute atomic E-state index is 0.0108. The molecular weight excluding hydrogens is 179 g/mol. The number of allylic oxidation sites excluding steroid dienone is 3. The Balaban J connectivity index is 3.00. The molecule has 0 amide bonds. The van der Waals surface area contributed by atoms with Gasteiger partial charge in [-0.2, -0.15) is 13.2 Å². The summed E-state index contributed by atoms with van der Waals surface area (Å²) in [5.74, 6) is -0.655. The third-order valence-electron chi connectivity index (χ3n) is 2.53. The van der Waals surface area contributed by atoms with E-state index in [1.165, 1.54) is 25.2 Å². The largest absolute Gasteiger partial charge is 0.398 e. The maximum Gasteiger partial charge on any atom is 0.398 e. The lowest BCUT2D eigenvalue weighted by atomic mass is 9.74. The molecule has 0 spiro atoms. The van der Waals surface area contributed by atoms with E-state index in [0.717, 1.165) is 0 Å². The average Bonchev–Trinajstić information content (AvgIpc) is 2.03. The Bertz CT molecular complexity index is 242. The maximum atomic E-state index is 12.6. The van der Waals surface area contributed by atoms with Gasteiger partial charge in [0.1, 0.15) is 0 Å². The molecule has 0 aromatic rings. The summed E-state index contributed by atoms with van der Waals surface area (Å²) in [6, 6.07) is 0. The molecule has 0 bridgehead atoms. The van der Waals surface area contributed by atoms with Crippen LogP contribution in [0.3, 0.4) is 0 Å². The number of nitrogens with two attached hydrogens (primary N) is 1. The molecule has 0 saturated carbocycles. The first-order valence-corrected chi connectivity index (χ1v) is 4.04. The van der Waals surface area contributed by atoms with Crippen LogP contribution in [0.5, 0.6) is 0 Å². The van der Waals surface area contributed by atoms with Gasteiger partial charge in [-0.15, -0.1) is 0 Å². The molecule has 2 N–H and O–H groups in total. The van der Waals surface area contributed by atoms with Gasteiger partial charge in [0.25, 0.3) is 0 Å². The summed E-state index contributed by atoms with van der Waals surface area (Å²) in [6.45, 7) is 1.18. The number of hydrogen-bond donors (Lipinski definition) is 1. The predicted molar refractivity (Wildman–Crippen MR) is 45.0 cm³/mol. The highest BCUT2D eigenvalue weighted by Crippen LogP contribution is 2.46. The van der Waals surface area contributed by atoms with Gasteiger partial charge in [-0.3, -0.25) is 0 Å². The highest BCUT2D eigenvalue weighted by atomic mass is 19.4. The van der Waals surface area contributed by atoms with Gasteiger partial charge in [0, 0.05) is 5.92 Å². The Morgan fingerprint density at radius 3 is 2.38 bits per heavy atom. The Labute approximate surface area is 75.1 Å². The van der Waals surface area contributed by atoms with Gasteiger partial charge in [-0.25, -0.2) is 0 Å². The third kappa shape index (κ3) is 1.63. The lowest BCUT2D eigenvalue weighted by Gasteiger charge is -2.36. The van der Waals surface area contributed by atoms with Crippen LogP contribution in [-0.2, 0) is 0 Å². The molecule has 0 aromatic carbocycles. The van der Waals surface area contributed by atoms with E-state index in [2.05, 4.69) is 0 Å². The van der Waals surface area contributed by atoms with E-state index < -0.39 is 17.5 Å². The summed E-state index contributed by atoms with van der Waals surface area (Å²) in [7, 11) is 0. The molecule has 13 heavy (non-hydrogen) atoms. The van der Waals surface area contributed by atoms with Crippen molar-refractivity contribution in [3.05, 3.63) is 24.3 Å². The second kappa shape index (κ2) is 3.18. The van der Waals surface area contributed by atoms with Crippen LogP contribution < -0.4 is 5.73 Å². The van der Waals surface area contributed by atoms with E-state index in [1.54, 1.807) is 6.08 Å². The molecule has 1 rings (SSSR count). The lowest BCUT2D eigenvalue weighted by Crippen LogP contribution is -2.43. The molecule has 4 heteroatoms. The summed E-state index contributed by atoms with van der Waals surface area (Å²) in [4.78, 5) is 0. The van der Waals surface area contributed by atoms with Crippen molar-refractivity contribution >= 4 is 0 Å². The van der Waals surface area contributed by atoms with Gasteiger partial charge in [-0.05, 0) is 13.5 Å². The number of hydrogen-bond acceptors (Lipinski definition) is 1. The van der Waals surface area contributed by atoms with Crippen LogP contribution in [0.15, 0.2) is 24.3 Å². The Morgan fingerprint density at radius 1 is 1.38 bits per heavy atom. The molecule has 0 unspecified atom stereocenters. The topological polar surface area (TPSA) is 26.0 Å². The van der Waals surface area contributed by atoms with Crippen molar-refractivity contribution in [3.8, 4) is 0 Å². The fourth-order valence-corrected chi connectivity index (χ4v) is 1.41. The van der Waals surface area contributed by atoms with Crippen LogP contribution in [0, 0.1) is 11.3 Å². The summed E-state index contributed by atoms with van der Waals surface area (Å²) >= 11 is 0. The third-order valence-corrected chi connectivity index (χ3v) is 2.53. The van der Waals surface area contributed by atoms with E-state index in [0.29, 0.717) is 0 Å². The van der Waals surface area contributed by atoms with Crippen LogP contribution in [-0.4, -0.2) is 12.7 Å². The minimum Gasteiger partial charge on any atom is -0.330 e. The van der Waals surface area contributed by atoms with E-state index in [4.69, 9.17) is 5.73 Å². The molecule has 1 aliphatic carbocycles. The van der Waals surface area contributed by atoms with Crippen molar-refractivity contribution < 1.29 is 13.2 Å². The molecular formula is C9H12F3N. The zero-order valence-corrected chi connectivity index (χ0v) is 7.31. The molecule has 0 radical (unpaired) electrons. The number of alkyl halides is 3. The van der Waals surface area contributed by atoms with E-state index >= 15 is 0 Å². The van der Waals surface area contributed by atoms with Crippen LogP contribution >= 0.6 is 0 Å². The molecule has 0 saturated heterocycles. The van der Waals surface area contributed by atoms with E-state index in [9.17, 15) is 13.2 Å². The first-order valence-electron chi connectivity index (χ1n) is 4.04. The normalized spacial score (nSPS) is 33.8. The summed E-state index contributed by atoms with van der Waals surface area (Å²) < 4.78 is 37.9. The standard InChI is InChI=1S/C9H12F3N/c1-8(9(10,11)12)5-3-2-4-7(8)6-13/h2-5,7H,6,13H2,1H3/t7-,8-/m1/s1. The minimum atomic E-state index is -4.24. The molecule has 0 fully saturated rings. The van der Waals surface area contributed by atoms with Crippen molar-refractivity contribution in [2.45, 2.75) is 13.1 Å². The smallest absolute Gasteiger partial charge is 0.330 e. The second-order valence-corrected chi connectivity index (χ2v) is 3.37. The van der Waals surface area contributed by atoms with Crippen molar-refractivity contribution in [1.82, 2.24) is 0 Å². The van der Waals surface area contributed by atoms with Crippen LogP contribution in [0.1, 0.15) is 6.92 Å². The Morgan fingerprint density at radius 2 is 2.00 bits per heavy atom. The quantitative estimate of drug-likeness (QED) is 0.676. The highest BCUT2D eigenvalue weighted by Gasteiger charge is 2.53. The Hall–Kier alpha value is -0.770. The molecule has 0 aliphatic heterocycles.